The minimum absolute atomic E-state index is 0.0658. The van der Waals surface area contributed by atoms with Crippen LogP contribution in [0.15, 0.2) is 48.5 Å². The summed E-state index contributed by atoms with van der Waals surface area (Å²) in [6, 6.07) is 15.2. The maximum absolute atomic E-state index is 13.0. The molecule has 2 aromatic rings. The number of amides is 2. The number of likely N-dealkylation sites (N-methyl/N-ethyl adjacent to an activating group) is 1. The maximum atomic E-state index is 13.0. The summed E-state index contributed by atoms with van der Waals surface area (Å²) in [4.78, 5) is 26.7. The molecule has 28 heavy (non-hydrogen) atoms. The number of aryl methyl sites for hydroxylation is 1. The smallest absolute Gasteiger partial charge is 0.242 e. The fourth-order valence-electron chi connectivity index (χ4n) is 3.07. The third kappa shape index (κ3) is 5.83. The first-order valence-corrected chi connectivity index (χ1v) is 10.0. The normalized spacial score (nSPS) is 11.9. The van der Waals surface area contributed by atoms with Crippen molar-refractivity contribution < 1.29 is 9.59 Å². The van der Waals surface area contributed by atoms with E-state index in [-0.39, 0.29) is 11.8 Å². The molecule has 2 rings (SSSR count). The Labute approximate surface area is 172 Å². The second-order valence-electron chi connectivity index (χ2n) is 7.30. The quantitative estimate of drug-likeness (QED) is 0.706. The highest BCUT2D eigenvalue weighted by Crippen LogP contribution is 2.20. The van der Waals surface area contributed by atoms with Crippen LogP contribution < -0.4 is 5.32 Å². The molecule has 0 heterocycles. The Morgan fingerprint density at radius 2 is 1.68 bits per heavy atom. The lowest BCUT2D eigenvalue weighted by Gasteiger charge is -2.28. The van der Waals surface area contributed by atoms with Gasteiger partial charge in [0.25, 0.3) is 0 Å². The van der Waals surface area contributed by atoms with Crippen LogP contribution >= 0.6 is 11.6 Å². The van der Waals surface area contributed by atoms with E-state index in [1.54, 1.807) is 24.9 Å². The summed E-state index contributed by atoms with van der Waals surface area (Å²) in [6.45, 7) is 6.36. The summed E-state index contributed by atoms with van der Waals surface area (Å²) in [5, 5.41) is 3.22. The zero-order chi connectivity index (χ0) is 20.7. The van der Waals surface area contributed by atoms with E-state index in [0.717, 1.165) is 11.1 Å². The van der Waals surface area contributed by atoms with Gasteiger partial charge in [0.2, 0.25) is 11.8 Å². The van der Waals surface area contributed by atoms with E-state index in [9.17, 15) is 9.59 Å². The molecule has 0 radical (unpaired) electrons. The van der Waals surface area contributed by atoms with Crippen molar-refractivity contribution in [2.75, 3.05) is 7.05 Å². The molecule has 0 aliphatic heterocycles. The van der Waals surface area contributed by atoms with Crippen LogP contribution in [0.3, 0.4) is 0 Å². The summed E-state index contributed by atoms with van der Waals surface area (Å²) < 4.78 is 0. The van der Waals surface area contributed by atoms with Crippen molar-refractivity contribution in [3.8, 4) is 0 Å². The zero-order valence-electron chi connectivity index (χ0n) is 17.0. The van der Waals surface area contributed by atoms with Gasteiger partial charge in [-0.1, -0.05) is 67.9 Å². The van der Waals surface area contributed by atoms with Gasteiger partial charge in [-0.25, -0.2) is 0 Å². The van der Waals surface area contributed by atoms with Crippen molar-refractivity contribution in [1.29, 1.82) is 0 Å². The molecule has 0 aromatic heterocycles. The lowest BCUT2D eigenvalue weighted by Crippen LogP contribution is -2.46. The molecule has 1 atom stereocenters. The molecule has 0 unspecified atom stereocenters. The van der Waals surface area contributed by atoms with Gasteiger partial charge in [0.15, 0.2) is 0 Å². The molecular weight excluding hydrogens is 372 g/mol. The second-order valence-corrected chi connectivity index (χ2v) is 7.71. The molecule has 1 N–H and O–H groups in total. The Hall–Kier alpha value is -2.33. The minimum Gasteiger partial charge on any atom is -0.357 e. The predicted molar refractivity (Wildman–Crippen MR) is 114 cm³/mol. The monoisotopic (exact) mass is 400 g/mol. The highest BCUT2D eigenvalue weighted by Gasteiger charge is 2.25. The van der Waals surface area contributed by atoms with Crippen LogP contribution in [0.1, 0.15) is 49.8 Å². The number of hydrogen-bond acceptors (Lipinski definition) is 2. The van der Waals surface area contributed by atoms with Gasteiger partial charge in [0.1, 0.15) is 6.04 Å². The fraction of sp³-hybridized carbons (Fsp3) is 0.391. The van der Waals surface area contributed by atoms with E-state index in [4.69, 9.17) is 11.6 Å². The molecule has 5 heteroatoms. The van der Waals surface area contributed by atoms with Gasteiger partial charge in [0.05, 0.1) is 0 Å². The topological polar surface area (TPSA) is 49.4 Å². The molecule has 0 saturated heterocycles. The van der Waals surface area contributed by atoms with Crippen LogP contribution in [0, 0.1) is 0 Å². The number of halogens is 1. The number of nitrogens with one attached hydrogen (secondary N) is 1. The van der Waals surface area contributed by atoms with E-state index >= 15 is 0 Å². The van der Waals surface area contributed by atoms with Crippen LogP contribution in [-0.4, -0.2) is 29.8 Å². The standard InChI is InChI=1S/C23H29ClN2O2/c1-16(2)19-12-9-18(10-13-19)11-14-22(27)26(17(3)23(28)25-4)15-20-7-5-6-8-21(20)24/h5-10,12-13,16-17H,11,14-15H2,1-4H3,(H,25,28)/t17-/m1/s1. The lowest BCUT2D eigenvalue weighted by molar-refractivity contribution is -0.140. The highest BCUT2D eigenvalue weighted by molar-refractivity contribution is 6.31. The molecule has 2 aromatic carbocycles. The van der Waals surface area contributed by atoms with Gasteiger partial charge in [-0.2, -0.15) is 0 Å². The average molecular weight is 401 g/mol. The molecule has 0 spiro atoms. The highest BCUT2D eigenvalue weighted by atomic mass is 35.5. The van der Waals surface area contributed by atoms with E-state index in [1.165, 1.54) is 5.56 Å². The van der Waals surface area contributed by atoms with E-state index in [1.807, 2.05) is 18.2 Å². The van der Waals surface area contributed by atoms with Gasteiger partial charge >= 0.3 is 0 Å². The summed E-state index contributed by atoms with van der Waals surface area (Å²) in [6.07, 6.45) is 0.976. The van der Waals surface area contributed by atoms with Crippen molar-refractivity contribution >= 4 is 23.4 Å². The third-order valence-corrected chi connectivity index (χ3v) is 5.35. The Bertz CT molecular complexity index is 803. The summed E-state index contributed by atoms with van der Waals surface area (Å²) >= 11 is 6.27. The second kappa shape index (κ2) is 10.3. The van der Waals surface area contributed by atoms with Crippen LogP contribution in [0.25, 0.3) is 0 Å². The number of hydrogen-bond donors (Lipinski definition) is 1. The first kappa shape index (κ1) is 22.0. The number of carbonyl (C=O) groups excluding carboxylic acids is 2. The Kier molecular flexibility index (Phi) is 8.06. The summed E-state index contributed by atoms with van der Waals surface area (Å²) in [5.74, 6) is 0.223. The number of carbonyl (C=O) groups is 2. The van der Waals surface area contributed by atoms with Crippen molar-refractivity contribution in [2.45, 2.75) is 52.1 Å². The molecule has 150 valence electrons. The first-order chi connectivity index (χ1) is 13.3. The molecule has 0 saturated carbocycles. The van der Waals surface area contributed by atoms with Crippen LogP contribution in [-0.2, 0) is 22.6 Å². The Morgan fingerprint density at radius 1 is 1.04 bits per heavy atom. The van der Waals surface area contributed by atoms with Gasteiger partial charge in [0, 0.05) is 25.0 Å². The molecule has 0 bridgehead atoms. The van der Waals surface area contributed by atoms with Crippen LogP contribution in [0.5, 0.6) is 0 Å². The predicted octanol–water partition coefficient (Wildman–Crippen LogP) is 4.56. The van der Waals surface area contributed by atoms with E-state index in [2.05, 4.69) is 43.4 Å². The number of benzene rings is 2. The molecule has 2 amide bonds. The summed E-state index contributed by atoms with van der Waals surface area (Å²) in [5.41, 5.74) is 3.22. The van der Waals surface area contributed by atoms with Crippen molar-refractivity contribution in [2.24, 2.45) is 0 Å². The van der Waals surface area contributed by atoms with Crippen LogP contribution in [0.2, 0.25) is 5.02 Å². The lowest BCUT2D eigenvalue weighted by atomic mass is 10.00. The molecule has 0 aliphatic rings. The van der Waals surface area contributed by atoms with Crippen molar-refractivity contribution in [3.63, 3.8) is 0 Å². The Morgan fingerprint density at radius 3 is 2.25 bits per heavy atom. The first-order valence-electron chi connectivity index (χ1n) is 9.66. The largest absolute Gasteiger partial charge is 0.357 e. The van der Waals surface area contributed by atoms with E-state index in [0.29, 0.717) is 30.3 Å². The van der Waals surface area contributed by atoms with Crippen LogP contribution in [0.4, 0.5) is 0 Å². The van der Waals surface area contributed by atoms with Crippen molar-refractivity contribution in [1.82, 2.24) is 10.2 Å². The minimum atomic E-state index is -0.572. The maximum Gasteiger partial charge on any atom is 0.242 e. The van der Waals surface area contributed by atoms with Gasteiger partial charge in [-0.15, -0.1) is 0 Å². The summed E-state index contributed by atoms with van der Waals surface area (Å²) in [7, 11) is 1.58. The average Bonchev–Trinajstić information content (AvgIpc) is 2.70. The molecule has 0 fully saturated rings. The molecular formula is C23H29ClN2O2. The van der Waals surface area contributed by atoms with Gasteiger partial charge in [-0.05, 0) is 42.0 Å². The number of nitrogens with zero attached hydrogens (tertiary/aromatic N) is 1. The molecule has 0 aliphatic carbocycles. The number of rotatable bonds is 8. The Balaban J connectivity index is 2.11. The van der Waals surface area contributed by atoms with Gasteiger partial charge in [-0.3, -0.25) is 9.59 Å². The zero-order valence-corrected chi connectivity index (χ0v) is 17.8. The SMILES string of the molecule is CNC(=O)[C@@H](C)N(Cc1ccccc1Cl)C(=O)CCc1ccc(C(C)C)cc1. The third-order valence-electron chi connectivity index (χ3n) is 4.99. The fourth-order valence-corrected chi connectivity index (χ4v) is 3.26. The van der Waals surface area contributed by atoms with E-state index < -0.39 is 6.04 Å². The molecule has 4 nitrogen and oxygen atoms in total. The van der Waals surface area contributed by atoms with Crippen molar-refractivity contribution in [3.05, 3.63) is 70.2 Å². The van der Waals surface area contributed by atoms with Gasteiger partial charge < -0.3 is 10.2 Å².